The van der Waals surface area contributed by atoms with Gasteiger partial charge in [-0.15, -0.1) is 0 Å². The van der Waals surface area contributed by atoms with Crippen molar-refractivity contribution >= 4 is 21.4 Å². The minimum Gasteiger partial charge on any atom is -0.257 e. The van der Waals surface area contributed by atoms with E-state index in [9.17, 15) is 8.42 Å². The van der Waals surface area contributed by atoms with E-state index in [0.717, 1.165) is 30.7 Å². The number of aliphatic imine (C=N–C) groups is 1. The highest BCUT2D eigenvalue weighted by Gasteiger charge is 2.64. The molecule has 0 amide bonds. The molecule has 26 heavy (non-hydrogen) atoms. The highest BCUT2D eigenvalue weighted by atomic mass is 32.2. The first-order chi connectivity index (χ1) is 11.8. The summed E-state index contributed by atoms with van der Waals surface area (Å²) in [6.45, 7) is 12.2. The molecule has 2 fully saturated rings. The Labute approximate surface area is 158 Å². The predicted octanol–water partition coefficient (Wildman–Crippen LogP) is 4.61. The molecule has 0 radical (unpaired) electrons. The SMILES string of the molecule is Cc1ccc(N=C2CC3CCC2(CS(=O)(=O)NC(C)(C)C)C3(C)C)cc1. The Morgan fingerprint density at radius 2 is 1.81 bits per heavy atom. The van der Waals surface area contributed by atoms with Crippen molar-refractivity contribution in [2.45, 2.75) is 66.3 Å². The number of nitrogens with one attached hydrogen (secondary N) is 1. The molecule has 0 aliphatic heterocycles. The Morgan fingerprint density at radius 1 is 1.19 bits per heavy atom. The molecule has 1 aromatic rings. The maximum atomic E-state index is 12.9. The number of hydrogen-bond acceptors (Lipinski definition) is 3. The molecule has 3 rings (SSSR count). The van der Waals surface area contributed by atoms with Crippen LogP contribution in [0, 0.1) is 23.7 Å². The first-order valence-electron chi connectivity index (χ1n) is 9.51. The molecule has 2 aliphatic rings. The second-order valence-electron chi connectivity index (χ2n) is 9.75. The molecule has 1 aromatic carbocycles. The third-order valence-electron chi connectivity index (χ3n) is 6.36. The zero-order chi connectivity index (χ0) is 19.4. The molecule has 5 heteroatoms. The first-order valence-corrected chi connectivity index (χ1v) is 11.2. The van der Waals surface area contributed by atoms with Gasteiger partial charge in [0, 0.05) is 16.7 Å². The van der Waals surface area contributed by atoms with Crippen LogP contribution in [0.1, 0.15) is 59.4 Å². The minimum absolute atomic E-state index is 0.0524. The normalized spacial score (nSPS) is 29.5. The smallest absolute Gasteiger partial charge is 0.213 e. The largest absolute Gasteiger partial charge is 0.257 e. The average molecular weight is 377 g/mol. The monoisotopic (exact) mass is 376 g/mol. The summed E-state index contributed by atoms with van der Waals surface area (Å²) in [6, 6.07) is 8.17. The number of benzene rings is 1. The fraction of sp³-hybridized carbons (Fsp3) is 0.667. The highest BCUT2D eigenvalue weighted by molar-refractivity contribution is 7.89. The summed E-state index contributed by atoms with van der Waals surface area (Å²) >= 11 is 0. The van der Waals surface area contributed by atoms with E-state index in [1.54, 1.807) is 0 Å². The predicted molar refractivity (Wildman–Crippen MR) is 109 cm³/mol. The Kier molecular flexibility index (Phi) is 4.64. The number of nitrogens with zero attached hydrogens (tertiary/aromatic N) is 1. The molecule has 0 saturated heterocycles. The van der Waals surface area contributed by atoms with Gasteiger partial charge in [0.05, 0.1) is 11.4 Å². The van der Waals surface area contributed by atoms with E-state index in [4.69, 9.17) is 4.99 Å². The third kappa shape index (κ3) is 3.48. The van der Waals surface area contributed by atoms with Gasteiger partial charge in [-0.05, 0) is 70.4 Å². The van der Waals surface area contributed by atoms with Gasteiger partial charge in [0.2, 0.25) is 10.0 Å². The lowest BCUT2D eigenvalue weighted by atomic mass is 9.70. The second kappa shape index (κ2) is 6.16. The molecule has 2 atom stereocenters. The average Bonchev–Trinajstić information content (AvgIpc) is 2.81. The lowest BCUT2D eigenvalue weighted by Gasteiger charge is -2.39. The van der Waals surface area contributed by atoms with Crippen LogP contribution in [0.5, 0.6) is 0 Å². The van der Waals surface area contributed by atoms with E-state index in [0.29, 0.717) is 5.92 Å². The van der Waals surface area contributed by atoms with E-state index in [1.807, 2.05) is 32.9 Å². The second-order valence-corrected chi connectivity index (χ2v) is 11.5. The van der Waals surface area contributed by atoms with Gasteiger partial charge in [-0.3, -0.25) is 4.99 Å². The Morgan fingerprint density at radius 3 is 2.35 bits per heavy atom. The van der Waals surface area contributed by atoms with Gasteiger partial charge in [0.1, 0.15) is 0 Å². The first kappa shape index (κ1) is 19.6. The summed E-state index contributed by atoms with van der Waals surface area (Å²) in [5.41, 5.74) is 2.30. The number of fused-ring (bicyclic) bond motifs is 2. The Balaban J connectivity index is 2.00. The van der Waals surface area contributed by atoms with Crippen LogP contribution >= 0.6 is 0 Å². The molecule has 2 aliphatic carbocycles. The third-order valence-corrected chi connectivity index (χ3v) is 8.16. The Hall–Kier alpha value is -1.20. The van der Waals surface area contributed by atoms with Crippen molar-refractivity contribution in [3.63, 3.8) is 0 Å². The molecule has 2 unspecified atom stereocenters. The maximum Gasteiger partial charge on any atom is 0.213 e. The van der Waals surface area contributed by atoms with Crippen LogP contribution in [0.4, 0.5) is 5.69 Å². The number of rotatable bonds is 4. The quantitative estimate of drug-likeness (QED) is 0.834. The zero-order valence-electron chi connectivity index (χ0n) is 16.9. The number of hydrogen-bond donors (Lipinski definition) is 1. The summed E-state index contributed by atoms with van der Waals surface area (Å²) in [4.78, 5) is 4.95. The van der Waals surface area contributed by atoms with Crippen molar-refractivity contribution in [2.24, 2.45) is 21.7 Å². The van der Waals surface area contributed by atoms with Gasteiger partial charge in [-0.25, -0.2) is 13.1 Å². The number of sulfonamides is 1. The van der Waals surface area contributed by atoms with Gasteiger partial charge in [0.15, 0.2) is 0 Å². The standard InChI is InChI=1S/C21H32N2O2S/c1-15-7-9-17(10-8-15)22-18-13-16-11-12-21(18,20(16,5)6)14-26(24,25)23-19(2,3)4/h7-10,16,23H,11-14H2,1-6H3. The molecule has 2 saturated carbocycles. The van der Waals surface area contributed by atoms with E-state index in [2.05, 4.69) is 37.6 Å². The summed E-state index contributed by atoms with van der Waals surface area (Å²) in [5, 5.41) is 0. The van der Waals surface area contributed by atoms with Crippen molar-refractivity contribution in [3.8, 4) is 0 Å². The number of aryl methyl sites for hydroxylation is 1. The molecule has 0 spiro atoms. The molecular formula is C21H32N2O2S. The van der Waals surface area contributed by atoms with Gasteiger partial charge in [-0.1, -0.05) is 31.5 Å². The Bertz CT molecular complexity index is 817. The van der Waals surface area contributed by atoms with Crippen LogP contribution in [0.3, 0.4) is 0 Å². The molecule has 4 nitrogen and oxygen atoms in total. The molecule has 0 aromatic heterocycles. The zero-order valence-corrected chi connectivity index (χ0v) is 17.7. The molecule has 1 N–H and O–H groups in total. The van der Waals surface area contributed by atoms with Crippen molar-refractivity contribution in [1.29, 1.82) is 0 Å². The van der Waals surface area contributed by atoms with Gasteiger partial charge >= 0.3 is 0 Å². The summed E-state index contributed by atoms with van der Waals surface area (Å²) in [5.74, 6) is 0.641. The highest BCUT2D eigenvalue weighted by Crippen LogP contribution is 2.65. The van der Waals surface area contributed by atoms with Crippen molar-refractivity contribution < 1.29 is 8.42 Å². The fourth-order valence-electron chi connectivity index (χ4n) is 4.89. The van der Waals surface area contributed by atoms with Crippen LogP contribution < -0.4 is 4.72 Å². The van der Waals surface area contributed by atoms with Crippen molar-refractivity contribution in [2.75, 3.05) is 5.75 Å². The van der Waals surface area contributed by atoms with E-state index < -0.39 is 15.6 Å². The van der Waals surface area contributed by atoms with Gasteiger partial charge in [0.25, 0.3) is 0 Å². The fourth-order valence-corrected chi connectivity index (χ4v) is 7.23. The molecule has 144 valence electrons. The lowest BCUT2D eigenvalue weighted by molar-refractivity contribution is 0.195. The van der Waals surface area contributed by atoms with Crippen LogP contribution in [0.15, 0.2) is 29.3 Å². The minimum atomic E-state index is -3.40. The van der Waals surface area contributed by atoms with Gasteiger partial charge in [-0.2, -0.15) is 0 Å². The summed E-state index contributed by atoms with van der Waals surface area (Å²) < 4.78 is 28.7. The summed E-state index contributed by atoms with van der Waals surface area (Å²) in [6.07, 6.45) is 2.90. The van der Waals surface area contributed by atoms with Crippen LogP contribution in [0.25, 0.3) is 0 Å². The van der Waals surface area contributed by atoms with Crippen LogP contribution in [-0.2, 0) is 10.0 Å². The topological polar surface area (TPSA) is 58.5 Å². The van der Waals surface area contributed by atoms with E-state index in [1.165, 1.54) is 5.56 Å². The van der Waals surface area contributed by atoms with Crippen LogP contribution in [-0.4, -0.2) is 25.4 Å². The summed E-state index contributed by atoms with van der Waals surface area (Å²) in [7, 11) is -3.40. The van der Waals surface area contributed by atoms with Gasteiger partial charge < -0.3 is 0 Å². The van der Waals surface area contributed by atoms with E-state index in [-0.39, 0.29) is 16.6 Å². The van der Waals surface area contributed by atoms with E-state index >= 15 is 0 Å². The molecular weight excluding hydrogens is 344 g/mol. The van der Waals surface area contributed by atoms with Crippen molar-refractivity contribution in [3.05, 3.63) is 29.8 Å². The molecule has 0 heterocycles. The lowest BCUT2D eigenvalue weighted by Crippen LogP contribution is -2.49. The van der Waals surface area contributed by atoms with Crippen molar-refractivity contribution in [1.82, 2.24) is 4.72 Å². The molecule has 2 bridgehead atoms. The maximum absolute atomic E-state index is 12.9. The van der Waals surface area contributed by atoms with Crippen LogP contribution in [0.2, 0.25) is 0 Å².